The van der Waals surface area contributed by atoms with E-state index in [1.165, 1.54) is 4.80 Å². The highest BCUT2D eigenvalue weighted by Crippen LogP contribution is 2.25. The second kappa shape index (κ2) is 7.20. The molecule has 136 valence electrons. The molecule has 0 unspecified atom stereocenters. The van der Waals surface area contributed by atoms with Gasteiger partial charge in [0, 0.05) is 22.6 Å². The number of hydrogen-bond acceptors (Lipinski definition) is 6. The average Bonchev–Trinajstić information content (AvgIpc) is 3.17. The number of pyridine rings is 1. The third-order valence-electron chi connectivity index (χ3n) is 4.14. The molecule has 27 heavy (non-hydrogen) atoms. The molecule has 2 aromatic carbocycles. The average molecular weight is 382 g/mol. The second-order valence-corrected chi connectivity index (χ2v) is 6.23. The van der Waals surface area contributed by atoms with Crippen LogP contribution in [0.3, 0.4) is 0 Å². The van der Waals surface area contributed by atoms with Crippen LogP contribution in [0.4, 0.5) is 0 Å². The summed E-state index contributed by atoms with van der Waals surface area (Å²) in [6, 6.07) is 15.2. The zero-order valence-electron chi connectivity index (χ0n) is 14.8. The van der Waals surface area contributed by atoms with E-state index in [-0.39, 0.29) is 0 Å². The van der Waals surface area contributed by atoms with Gasteiger partial charge in [0.05, 0.1) is 26.3 Å². The second-order valence-electron chi connectivity index (χ2n) is 5.87. The molecule has 0 fully saturated rings. The van der Waals surface area contributed by atoms with Crippen molar-refractivity contribution in [1.82, 2.24) is 25.2 Å². The number of ether oxygens (including phenoxy) is 2. The van der Waals surface area contributed by atoms with Crippen LogP contribution < -0.4 is 9.47 Å². The number of nitrogens with zero attached hydrogens (tertiary/aromatic N) is 5. The fourth-order valence-electron chi connectivity index (χ4n) is 2.75. The molecular weight excluding hydrogens is 366 g/mol. The highest BCUT2D eigenvalue weighted by molar-refractivity contribution is 6.30. The highest BCUT2D eigenvalue weighted by Gasteiger charge is 2.11. The maximum atomic E-state index is 6.35. The van der Waals surface area contributed by atoms with Crippen LogP contribution in [0.5, 0.6) is 11.5 Å². The van der Waals surface area contributed by atoms with E-state index in [2.05, 4.69) is 20.4 Å². The molecule has 8 heteroatoms. The number of aromatic nitrogens is 5. The molecule has 0 amide bonds. The van der Waals surface area contributed by atoms with E-state index in [4.69, 9.17) is 21.1 Å². The minimum atomic E-state index is 0.366. The zero-order chi connectivity index (χ0) is 18.8. The predicted molar refractivity (Wildman–Crippen MR) is 102 cm³/mol. The third-order valence-corrected chi connectivity index (χ3v) is 4.47. The maximum Gasteiger partial charge on any atom is 0.205 e. The van der Waals surface area contributed by atoms with Gasteiger partial charge in [-0.05, 0) is 35.5 Å². The van der Waals surface area contributed by atoms with Crippen LogP contribution in [0.1, 0.15) is 5.56 Å². The Morgan fingerprint density at radius 1 is 1.00 bits per heavy atom. The molecule has 0 saturated carbocycles. The highest BCUT2D eigenvalue weighted by atomic mass is 35.5. The number of hydrogen-bond donors (Lipinski definition) is 0. The van der Waals surface area contributed by atoms with Gasteiger partial charge >= 0.3 is 0 Å². The van der Waals surface area contributed by atoms with Crippen molar-refractivity contribution in [3.05, 3.63) is 59.2 Å². The molecule has 4 rings (SSSR count). The van der Waals surface area contributed by atoms with Crippen LogP contribution in [0.15, 0.2) is 48.5 Å². The number of rotatable bonds is 5. The minimum Gasteiger partial charge on any atom is -0.497 e. The number of tetrazole rings is 1. The normalized spacial score (nSPS) is 10.9. The molecule has 0 aliphatic carbocycles. The van der Waals surface area contributed by atoms with Gasteiger partial charge in [-0.2, -0.15) is 4.80 Å². The molecule has 2 heterocycles. The van der Waals surface area contributed by atoms with Gasteiger partial charge in [0.1, 0.15) is 16.7 Å². The Morgan fingerprint density at radius 3 is 2.63 bits per heavy atom. The molecule has 0 spiro atoms. The van der Waals surface area contributed by atoms with Crippen molar-refractivity contribution >= 4 is 22.5 Å². The van der Waals surface area contributed by atoms with Crippen molar-refractivity contribution in [2.75, 3.05) is 14.2 Å². The number of methoxy groups -OCH3 is 2. The van der Waals surface area contributed by atoms with Gasteiger partial charge in [0.25, 0.3) is 0 Å². The van der Waals surface area contributed by atoms with E-state index in [9.17, 15) is 0 Å². The quantitative estimate of drug-likeness (QED) is 0.491. The first-order chi connectivity index (χ1) is 13.2. The van der Waals surface area contributed by atoms with E-state index in [0.29, 0.717) is 17.5 Å². The van der Waals surface area contributed by atoms with Crippen molar-refractivity contribution < 1.29 is 9.47 Å². The number of fused-ring (bicyclic) bond motifs is 1. The Bertz CT molecular complexity index is 1110. The van der Waals surface area contributed by atoms with E-state index >= 15 is 0 Å². The lowest BCUT2D eigenvalue weighted by Gasteiger charge is -2.07. The molecule has 0 aliphatic heterocycles. The molecule has 0 aliphatic rings. The third kappa shape index (κ3) is 3.54. The van der Waals surface area contributed by atoms with Crippen molar-refractivity contribution in [3.63, 3.8) is 0 Å². The lowest BCUT2D eigenvalue weighted by molar-refractivity contribution is 0.415. The lowest BCUT2D eigenvalue weighted by Crippen LogP contribution is -2.05. The Balaban J connectivity index is 1.62. The van der Waals surface area contributed by atoms with Crippen LogP contribution >= 0.6 is 11.6 Å². The summed E-state index contributed by atoms with van der Waals surface area (Å²) in [7, 11) is 3.24. The van der Waals surface area contributed by atoms with Crippen LogP contribution in [0, 0.1) is 0 Å². The molecule has 0 saturated heterocycles. The number of halogens is 1. The Hall–Kier alpha value is -3.19. The van der Waals surface area contributed by atoms with Crippen molar-refractivity contribution in [1.29, 1.82) is 0 Å². The molecule has 0 N–H and O–H groups in total. The molecule has 0 bridgehead atoms. The van der Waals surface area contributed by atoms with Gasteiger partial charge in [0.15, 0.2) is 0 Å². The summed E-state index contributed by atoms with van der Waals surface area (Å²) in [4.78, 5) is 5.94. The first kappa shape index (κ1) is 17.2. The maximum absolute atomic E-state index is 6.35. The summed E-state index contributed by atoms with van der Waals surface area (Å²) in [5.74, 6) is 1.99. The van der Waals surface area contributed by atoms with Gasteiger partial charge in [0.2, 0.25) is 5.82 Å². The first-order valence-electron chi connectivity index (χ1n) is 8.21. The van der Waals surface area contributed by atoms with E-state index in [0.717, 1.165) is 33.5 Å². The van der Waals surface area contributed by atoms with E-state index < -0.39 is 0 Å². The Morgan fingerprint density at radius 2 is 1.81 bits per heavy atom. The van der Waals surface area contributed by atoms with Crippen LogP contribution in [-0.4, -0.2) is 39.4 Å². The van der Waals surface area contributed by atoms with Crippen LogP contribution in [-0.2, 0) is 6.54 Å². The van der Waals surface area contributed by atoms with Gasteiger partial charge < -0.3 is 9.47 Å². The van der Waals surface area contributed by atoms with E-state index in [1.807, 2.05) is 48.5 Å². The van der Waals surface area contributed by atoms with Crippen molar-refractivity contribution in [3.8, 4) is 22.9 Å². The van der Waals surface area contributed by atoms with Crippen LogP contribution in [0.2, 0.25) is 5.15 Å². The van der Waals surface area contributed by atoms with E-state index in [1.54, 1.807) is 14.2 Å². The summed E-state index contributed by atoms with van der Waals surface area (Å²) in [6.07, 6.45) is 0. The number of benzene rings is 2. The molecule has 2 aromatic heterocycles. The van der Waals surface area contributed by atoms with Crippen molar-refractivity contribution in [2.45, 2.75) is 6.54 Å². The molecule has 4 aromatic rings. The minimum absolute atomic E-state index is 0.366. The lowest BCUT2D eigenvalue weighted by atomic mass is 10.1. The monoisotopic (exact) mass is 381 g/mol. The fourth-order valence-corrected chi connectivity index (χ4v) is 2.95. The fraction of sp³-hybridized carbons (Fsp3) is 0.158. The predicted octanol–water partition coefficient (Wildman–Crippen LogP) is 3.61. The summed E-state index contributed by atoms with van der Waals surface area (Å²) >= 11 is 6.35. The van der Waals surface area contributed by atoms with Crippen LogP contribution in [0.25, 0.3) is 22.3 Å². The van der Waals surface area contributed by atoms with Gasteiger partial charge in [-0.3, -0.25) is 0 Å². The molecule has 0 atom stereocenters. The van der Waals surface area contributed by atoms with Gasteiger partial charge in [-0.15, -0.1) is 10.2 Å². The Kier molecular flexibility index (Phi) is 4.60. The topological polar surface area (TPSA) is 75.0 Å². The van der Waals surface area contributed by atoms with Crippen molar-refractivity contribution in [2.24, 2.45) is 0 Å². The Labute approximate surface area is 160 Å². The van der Waals surface area contributed by atoms with Gasteiger partial charge in [-0.1, -0.05) is 23.7 Å². The largest absolute Gasteiger partial charge is 0.497 e. The first-order valence-corrected chi connectivity index (χ1v) is 8.59. The smallest absolute Gasteiger partial charge is 0.205 e. The summed E-state index contributed by atoms with van der Waals surface area (Å²) in [6.45, 7) is 0.366. The summed E-state index contributed by atoms with van der Waals surface area (Å²) in [5, 5.41) is 14.0. The molecule has 7 nitrogen and oxygen atoms in total. The molecule has 0 radical (unpaired) electrons. The summed E-state index contributed by atoms with van der Waals surface area (Å²) < 4.78 is 10.5. The standard InChI is InChI=1S/C19H16ClN5O2/c1-26-15-5-3-4-13(9-15)19-22-24-25(23-19)11-14-8-12-6-7-16(27-2)10-17(12)21-18(14)20/h3-10H,11H2,1-2H3. The van der Waals surface area contributed by atoms with Gasteiger partial charge in [-0.25, -0.2) is 4.98 Å². The SMILES string of the molecule is COc1cccc(-c2nnn(Cc3cc4ccc(OC)cc4nc3Cl)n2)c1. The zero-order valence-corrected chi connectivity index (χ0v) is 15.5. The summed E-state index contributed by atoms with van der Waals surface area (Å²) in [5.41, 5.74) is 2.41. The molecular formula is C19H16ClN5O2.